The third-order valence-electron chi connectivity index (χ3n) is 2.93. The fourth-order valence-electron chi connectivity index (χ4n) is 1.86. The van der Waals surface area contributed by atoms with Crippen molar-refractivity contribution in [2.45, 2.75) is 20.4 Å². The third-order valence-corrected chi connectivity index (χ3v) is 3.23. The van der Waals surface area contributed by atoms with E-state index >= 15 is 0 Å². The van der Waals surface area contributed by atoms with Crippen LogP contribution in [0, 0.1) is 13.8 Å². The first-order valence-electron chi connectivity index (χ1n) is 5.85. The van der Waals surface area contributed by atoms with Gasteiger partial charge in [-0.15, -0.1) is 0 Å². The van der Waals surface area contributed by atoms with Gasteiger partial charge < -0.3 is 10.4 Å². The van der Waals surface area contributed by atoms with Gasteiger partial charge in [-0.1, -0.05) is 35.4 Å². The van der Waals surface area contributed by atoms with Crippen LogP contribution in [0.1, 0.15) is 16.7 Å². The van der Waals surface area contributed by atoms with Crippen molar-refractivity contribution in [1.29, 1.82) is 0 Å². The Morgan fingerprint density at radius 3 is 2.56 bits per heavy atom. The number of anilines is 1. The topological polar surface area (TPSA) is 32.3 Å². The van der Waals surface area contributed by atoms with E-state index in [1.807, 2.05) is 6.07 Å². The predicted molar refractivity (Wildman–Crippen MR) is 76.4 cm³/mol. The molecule has 0 aliphatic heterocycles. The summed E-state index contributed by atoms with van der Waals surface area (Å²) in [6, 6.07) is 11.5. The molecule has 0 saturated heterocycles. The summed E-state index contributed by atoms with van der Waals surface area (Å²) in [6.45, 7) is 4.94. The Morgan fingerprint density at radius 1 is 1.11 bits per heavy atom. The van der Waals surface area contributed by atoms with Crippen molar-refractivity contribution in [2.24, 2.45) is 0 Å². The van der Waals surface area contributed by atoms with Crippen LogP contribution in [0.3, 0.4) is 0 Å². The number of halogens is 1. The maximum absolute atomic E-state index is 9.34. The number of benzene rings is 2. The molecule has 2 aromatic carbocycles. The van der Waals surface area contributed by atoms with Gasteiger partial charge in [-0.2, -0.15) is 0 Å². The van der Waals surface area contributed by atoms with Crippen molar-refractivity contribution in [3.8, 4) is 5.75 Å². The summed E-state index contributed by atoms with van der Waals surface area (Å²) < 4.78 is 0. The van der Waals surface area contributed by atoms with Crippen molar-refractivity contribution in [3.63, 3.8) is 0 Å². The van der Waals surface area contributed by atoms with Gasteiger partial charge in [0.25, 0.3) is 0 Å². The second kappa shape index (κ2) is 5.32. The van der Waals surface area contributed by atoms with E-state index in [1.54, 1.807) is 12.1 Å². The highest BCUT2D eigenvalue weighted by Crippen LogP contribution is 2.26. The minimum absolute atomic E-state index is 0.105. The molecule has 2 rings (SSSR count). The molecule has 0 bridgehead atoms. The first-order valence-corrected chi connectivity index (χ1v) is 6.22. The van der Waals surface area contributed by atoms with Crippen molar-refractivity contribution in [3.05, 3.63) is 58.1 Å². The average Bonchev–Trinajstić information content (AvgIpc) is 2.32. The minimum Gasteiger partial charge on any atom is -0.506 e. The minimum atomic E-state index is 0.105. The van der Waals surface area contributed by atoms with E-state index in [9.17, 15) is 5.11 Å². The average molecular weight is 262 g/mol. The SMILES string of the molecule is Cc1ccc(CNc2ccc(O)c(Cl)c2)c(C)c1. The molecule has 0 heterocycles. The van der Waals surface area contributed by atoms with E-state index in [0.29, 0.717) is 5.02 Å². The highest BCUT2D eigenvalue weighted by molar-refractivity contribution is 6.32. The van der Waals surface area contributed by atoms with Crippen LogP contribution in [-0.4, -0.2) is 5.11 Å². The van der Waals surface area contributed by atoms with Crippen molar-refractivity contribution < 1.29 is 5.11 Å². The van der Waals surface area contributed by atoms with Crippen LogP contribution < -0.4 is 5.32 Å². The Morgan fingerprint density at radius 2 is 1.89 bits per heavy atom. The Kier molecular flexibility index (Phi) is 3.78. The highest BCUT2D eigenvalue weighted by atomic mass is 35.5. The Labute approximate surface area is 112 Å². The van der Waals surface area contributed by atoms with Gasteiger partial charge in [0.15, 0.2) is 0 Å². The van der Waals surface area contributed by atoms with Crippen molar-refractivity contribution >= 4 is 17.3 Å². The molecule has 2 N–H and O–H groups in total. The van der Waals surface area contributed by atoms with Crippen LogP contribution in [0.4, 0.5) is 5.69 Å². The van der Waals surface area contributed by atoms with E-state index in [0.717, 1.165) is 12.2 Å². The van der Waals surface area contributed by atoms with Gasteiger partial charge in [0.2, 0.25) is 0 Å². The predicted octanol–water partition coefficient (Wildman–Crippen LogP) is 4.27. The summed E-state index contributed by atoms with van der Waals surface area (Å²) in [5.41, 5.74) is 4.69. The second-order valence-corrected chi connectivity index (χ2v) is 4.86. The maximum atomic E-state index is 9.34. The van der Waals surface area contributed by atoms with E-state index in [1.165, 1.54) is 16.7 Å². The molecule has 2 aromatic rings. The smallest absolute Gasteiger partial charge is 0.134 e. The fraction of sp³-hybridized carbons (Fsp3) is 0.200. The molecule has 0 fully saturated rings. The summed E-state index contributed by atoms with van der Waals surface area (Å²) in [7, 11) is 0. The Balaban J connectivity index is 2.09. The van der Waals surface area contributed by atoms with Gasteiger partial charge >= 0.3 is 0 Å². The Bertz CT molecular complexity index is 566. The van der Waals surface area contributed by atoms with E-state index in [-0.39, 0.29) is 5.75 Å². The second-order valence-electron chi connectivity index (χ2n) is 4.45. The summed E-state index contributed by atoms with van der Waals surface area (Å²) in [6.07, 6.45) is 0. The molecule has 0 radical (unpaired) electrons. The van der Waals surface area contributed by atoms with Crippen molar-refractivity contribution in [2.75, 3.05) is 5.32 Å². The fourth-order valence-corrected chi connectivity index (χ4v) is 2.04. The molecular weight excluding hydrogens is 246 g/mol. The van der Waals surface area contributed by atoms with Crippen LogP contribution in [0.2, 0.25) is 5.02 Å². The lowest BCUT2D eigenvalue weighted by Gasteiger charge is -2.10. The molecule has 3 heteroatoms. The van der Waals surface area contributed by atoms with Gasteiger partial charge in [-0.05, 0) is 43.2 Å². The van der Waals surface area contributed by atoms with Gasteiger partial charge in [-0.3, -0.25) is 0 Å². The van der Waals surface area contributed by atoms with Gasteiger partial charge in [0, 0.05) is 12.2 Å². The summed E-state index contributed by atoms with van der Waals surface area (Å²) in [4.78, 5) is 0. The summed E-state index contributed by atoms with van der Waals surface area (Å²) >= 11 is 5.86. The zero-order valence-electron chi connectivity index (χ0n) is 10.5. The highest BCUT2D eigenvalue weighted by Gasteiger charge is 2.01. The van der Waals surface area contributed by atoms with Crippen LogP contribution in [0.15, 0.2) is 36.4 Å². The molecule has 0 aromatic heterocycles. The molecule has 0 amide bonds. The van der Waals surface area contributed by atoms with E-state index in [2.05, 4.69) is 37.4 Å². The standard InChI is InChI=1S/C15H16ClNO/c1-10-3-4-12(11(2)7-10)9-17-13-5-6-15(18)14(16)8-13/h3-8,17-18H,9H2,1-2H3. The molecule has 0 spiro atoms. The molecule has 0 unspecified atom stereocenters. The third kappa shape index (κ3) is 2.96. The first kappa shape index (κ1) is 12.8. The lowest BCUT2D eigenvalue weighted by Crippen LogP contribution is -2.01. The Hall–Kier alpha value is -1.67. The normalized spacial score (nSPS) is 10.4. The number of aromatic hydroxyl groups is 1. The number of phenolic OH excluding ortho intramolecular Hbond substituents is 1. The van der Waals surface area contributed by atoms with Crippen LogP contribution in [-0.2, 0) is 6.54 Å². The molecule has 18 heavy (non-hydrogen) atoms. The lowest BCUT2D eigenvalue weighted by atomic mass is 10.1. The quantitative estimate of drug-likeness (QED) is 0.809. The maximum Gasteiger partial charge on any atom is 0.134 e. The number of phenols is 1. The number of hydrogen-bond donors (Lipinski definition) is 2. The zero-order valence-corrected chi connectivity index (χ0v) is 11.3. The molecule has 0 atom stereocenters. The zero-order chi connectivity index (χ0) is 13.1. The van der Waals surface area contributed by atoms with Gasteiger partial charge in [-0.25, -0.2) is 0 Å². The largest absolute Gasteiger partial charge is 0.506 e. The number of hydrogen-bond acceptors (Lipinski definition) is 2. The number of nitrogens with one attached hydrogen (secondary N) is 1. The first-order chi connectivity index (χ1) is 8.56. The molecule has 94 valence electrons. The van der Waals surface area contributed by atoms with Crippen LogP contribution >= 0.6 is 11.6 Å². The monoisotopic (exact) mass is 261 g/mol. The molecule has 0 aliphatic carbocycles. The molecule has 2 nitrogen and oxygen atoms in total. The van der Waals surface area contributed by atoms with Crippen LogP contribution in [0.5, 0.6) is 5.75 Å². The molecule has 0 aliphatic rings. The van der Waals surface area contributed by atoms with E-state index < -0.39 is 0 Å². The van der Waals surface area contributed by atoms with Gasteiger partial charge in [0.05, 0.1) is 5.02 Å². The van der Waals surface area contributed by atoms with Gasteiger partial charge in [0.1, 0.15) is 5.75 Å². The number of rotatable bonds is 3. The van der Waals surface area contributed by atoms with Crippen LogP contribution in [0.25, 0.3) is 0 Å². The molecule has 0 saturated carbocycles. The lowest BCUT2D eigenvalue weighted by molar-refractivity contribution is 0.475. The van der Waals surface area contributed by atoms with E-state index in [4.69, 9.17) is 11.6 Å². The summed E-state index contributed by atoms with van der Waals surface area (Å²) in [5, 5.41) is 13.0. The number of aryl methyl sites for hydroxylation is 2. The molecular formula is C15H16ClNO. The summed E-state index contributed by atoms with van der Waals surface area (Å²) in [5.74, 6) is 0.105. The van der Waals surface area contributed by atoms with Crippen molar-refractivity contribution in [1.82, 2.24) is 0 Å².